The highest BCUT2D eigenvalue weighted by atomic mass is 79.9. The molecule has 2 rings (SSSR count). The molecule has 0 aliphatic carbocycles. The van der Waals surface area contributed by atoms with Gasteiger partial charge >= 0.3 is 5.97 Å². The second kappa shape index (κ2) is 6.49. The normalized spacial score (nSPS) is 10.2. The smallest absolute Gasteiger partial charge is 0.335 e. The number of carbonyl (C=O) groups is 2. The SMILES string of the molecule is Cc1cccnc1CC(=O)Nc1cc(C(=O)O)ccc1Br. The average Bonchev–Trinajstić information content (AvgIpc) is 2.43. The van der Waals surface area contributed by atoms with Gasteiger partial charge in [0.15, 0.2) is 0 Å². The predicted octanol–water partition coefficient (Wildman–Crippen LogP) is 3.03. The summed E-state index contributed by atoms with van der Waals surface area (Å²) in [5.74, 6) is -1.29. The predicted molar refractivity (Wildman–Crippen MR) is 82.4 cm³/mol. The summed E-state index contributed by atoms with van der Waals surface area (Å²) in [6.45, 7) is 1.89. The standard InChI is InChI=1S/C15H13BrN2O3/c1-9-3-2-6-17-12(9)8-14(19)18-13-7-10(15(20)21)4-5-11(13)16/h2-7H,8H2,1H3,(H,18,19)(H,20,21). The Bertz CT molecular complexity index is 701. The Labute approximate surface area is 130 Å². The first-order valence-corrected chi connectivity index (χ1v) is 7.00. The van der Waals surface area contributed by atoms with Crippen LogP contribution in [-0.4, -0.2) is 22.0 Å². The van der Waals surface area contributed by atoms with Crippen LogP contribution in [0, 0.1) is 6.92 Å². The summed E-state index contributed by atoms with van der Waals surface area (Å²) in [5, 5.41) is 11.7. The number of benzene rings is 1. The fraction of sp³-hybridized carbons (Fsp3) is 0.133. The van der Waals surface area contributed by atoms with Gasteiger partial charge in [-0.1, -0.05) is 6.07 Å². The lowest BCUT2D eigenvalue weighted by Crippen LogP contribution is -2.16. The van der Waals surface area contributed by atoms with Gasteiger partial charge in [-0.2, -0.15) is 0 Å². The molecule has 2 N–H and O–H groups in total. The molecule has 1 amide bonds. The van der Waals surface area contributed by atoms with Gasteiger partial charge in [0.25, 0.3) is 0 Å². The highest BCUT2D eigenvalue weighted by Gasteiger charge is 2.11. The second-order valence-electron chi connectivity index (χ2n) is 4.49. The number of aromatic nitrogens is 1. The van der Waals surface area contributed by atoms with E-state index in [0.717, 1.165) is 5.56 Å². The first-order valence-electron chi connectivity index (χ1n) is 6.20. The lowest BCUT2D eigenvalue weighted by Gasteiger charge is -2.09. The summed E-state index contributed by atoms with van der Waals surface area (Å²) in [7, 11) is 0. The second-order valence-corrected chi connectivity index (χ2v) is 5.35. The zero-order valence-corrected chi connectivity index (χ0v) is 12.8. The molecule has 0 saturated heterocycles. The van der Waals surface area contributed by atoms with Crippen LogP contribution < -0.4 is 5.32 Å². The summed E-state index contributed by atoms with van der Waals surface area (Å²) in [6, 6.07) is 8.16. The Hall–Kier alpha value is -2.21. The van der Waals surface area contributed by atoms with E-state index in [0.29, 0.717) is 15.9 Å². The maximum Gasteiger partial charge on any atom is 0.335 e. The van der Waals surface area contributed by atoms with E-state index in [-0.39, 0.29) is 17.9 Å². The summed E-state index contributed by atoms with van der Waals surface area (Å²) in [4.78, 5) is 27.2. The first kappa shape index (κ1) is 15.2. The third-order valence-corrected chi connectivity index (χ3v) is 3.62. The number of anilines is 1. The van der Waals surface area contributed by atoms with Gasteiger partial charge < -0.3 is 10.4 Å². The highest BCUT2D eigenvalue weighted by molar-refractivity contribution is 9.10. The zero-order chi connectivity index (χ0) is 15.4. The van der Waals surface area contributed by atoms with Crippen molar-refractivity contribution in [3.05, 3.63) is 57.8 Å². The topological polar surface area (TPSA) is 79.3 Å². The molecule has 0 radical (unpaired) electrons. The number of halogens is 1. The Kier molecular flexibility index (Phi) is 4.70. The minimum absolute atomic E-state index is 0.113. The van der Waals surface area contributed by atoms with E-state index >= 15 is 0 Å². The van der Waals surface area contributed by atoms with Crippen molar-refractivity contribution in [2.75, 3.05) is 5.32 Å². The largest absolute Gasteiger partial charge is 0.478 e. The van der Waals surface area contributed by atoms with Gasteiger partial charge in [0.1, 0.15) is 0 Å². The number of carboxylic acids is 1. The number of aromatic carboxylic acids is 1. The van der Waals surface area contributed by atoms with Gasteiger partial charge in [-0.3, -0.25) is 9.78 Å². The van der Waals surface area contributed by atoms with E-state index in [2.05, 4.69) is 26.2 Å². The number of pyridine rings is 1. The highest BCUT2D eigenvalue weighted by Crippen LogP contribution is 2.24. The Morgan fingerprint density at radius 3 is 2.76 bits per heavy atom. The van der Waals surface area contributed by atoms with E-state index in [4.69, 9.17) is 5.11 Å². The number of aryl methyl sites for hydroxylation is 1. The summed E-state index contributed by atoms with van der Waals surface area (Å²) in [5.41, 5.74) is 2.17. The van der Waals surface area contributed by atoms with Gasteiger partial charge in [-0.05, 0) is 52.7 Å². The van der Waals surface area contributed by atoms with Gasteiger partial charge in [-0.25, -0.2) is 4.79 Å². The van der Waals surface area contributed by atoms with Gasteiger partial charge in [0, 0.05) is 10.7 Å². The Balaban J connectivity index is 2.15. The molecular weight excluding hydrogens is 336 g/mol. The number of hydrogen-bond acceptors (Lipinski definition) is 3. The number of hydrogen-bond donors (Lipinski definition) is 2. The van der Waals surface area contributed by atoms with Crippen molar-refractivity contribution in [2.45, 2.75) is 13.3 Å². The summed E-state index contributed by atoms with van der Waals surface area (Å²) >= 11 is 3.28. The number of rotatable bonds is 4. The molecular formula is C15H13BrN2O3. The number of carboxylic acid groups (broad SMARTS) is 1. The molecule has 0 unspecified atom stereocenters. The molecule has 21 heavy (non-hydrogen) atoms. The summed E-state index contributed by atoms with van der Waals surface area (Å²) in [6.07, 6.45) is 1.77. The monoisotopic (exact) mass is 348 g/mol. The Morgan fingerprint density at radius 1 is 1.33 bits per heavy atom. The lowest BCUT2D eigenvalue weighted by atomic mass is 10.1. The maximum atomic E-state index is 12.0. The number of carbonyl (C=O) groups excluding carboxylic acids is 1. The molecule has 108 valence electrons. The van der Waals surface area contributed by atoms with Crippen LogP contribution in [0.2, 0.25) is 0 Å². The fourth-order valence-corrected chi connectivity index (χ4v) is 2.15. The molecule has 0 atom stereocenters. The van der Waals surface area contributed by atoms with Gasteiger partial charge in [-0.15, -0.1) is 0 Å². The maximum absolute atomic E-state index is 12.0. The van der Waals surface area contributed by atoms with Crippen molar-refractivity contribution in [1.29, 1.82) is 0 Å². The van der Waals surface area contributed by atoms with Crippen molar-refractivity contribution in [3.63, 3.8) is 0 Å². The van der Waals surface area contributed by atoms with Crippen molar-refractivity contribution in [2.24, 2.45) is 0 Å². The van der Waals surface area contributed by atoms with Crippen molar-refractivity contribution in [1.82, 2.24) is 4.98 Å². The van der Waals surface area contributed by atoms with Gasteiger partial charge in [0.2, 0.25) is 5.91 Å². The zero-order valence-electron chi connectivity index (χ0n) is 11.3. The third kappa shape index (κ3) is 3.88. The molecule has 0 fully saturated rings. The van der Waals surface area contributed by atoms with Gasteiger partial charge in [0.05, 0.1) is 23.4 Å². The van der Waals surface area contributed by atoms with Crippen molar-refractivity contribution in [3.8, 4) is 0 Å². The number of nitrogens with zero attached hydrogens (tertiary/aromatic N) is 1. The molecule has 2 aromatic rings. The Morgan fingerprint density at radius 2 is 2.10 bits per heavy atom. The number of nitrogens with one attached hydrogen (secondary N) is 1. The molecule has 0 aliphatic heterocycles. The van der Waals surface area contributed by atoms with Crippen LogP contribution >= 0.6 is 15.9 Å². The van der Waals surface area contributed by atoms with E-state index in [1.807, 2.05) is 19.1 Å². The molecule has 0 saturated carbocycles. The quantitative estimate of drug-likeness (QED) is 0.889. The van der Waals surface area contributed by atoms with Crippen LogP contribution in [0.25, 0.3) is 0 Å². The van der Waals surface area contributed by atoms with Crippen LogP contribution in [0.15, 0.2) is 41.0 Å². The van der Waals surface area contributed by atoms with Crippen LogP contribution in [0.4, 0.5) is 5.69 Å². The minimum atomic E-state index is -1.04. The van der Waals surface area contributed by atoms with Crippen molar-refractivity contribution >= 4 is 33.5 Å². The summed E-state index contributed by atoms with van der Waals surface area (Å²) < 4.78 is 0.624. The molecule has 1 heterocycles. The fourth-order valence-electron chi connectivity index (χ4n) is 1.80. The lowest BCUT2D eigenvalue weighted by molar-refractivity contribution is -0.115. The minimum Gasteiger partial charge on any atom is -0.478 e. The molecule has 6 heteroatoms. The molecule has 1 aromatic heterocycles. The van der Waals surface area contributed by atoms with E-state index in [1.54, 1.807) is 12.3 Å². The van der Waals surface area contributed by atoms with Crippen molar-refractivity contribution < 1.29 is 14.7 Å². The molecule has 0 spiro atoms. The average molecular weight is 349 g/mol. The van der Waals surface area contributed by atoms with Crippen LogP contribution in [0.1, 0.15) is 21.6 Å². The molecule has 0 bridgehead atoms. The van der Waals surface area contributed by atoms with E-state index in [9.17, 15) is 9.59 Å². The molecule has 5 nitrogen and oxygen atoms in total. The van der Waals surface area contributed by atoms with Crippen LogP contribution in [0.5, 0.6) is 0 Å². The van der Waals surface area contributed by atoms with Crippen LogP contribution in [-0.2, 0) is 11.2 Å². The molecule has 0 aliphatic rings. The first-order chi connectivity index (χ1) is 9.97. The van der Waals surface area contributed by atoms with E-state index in [1.165, 1.54) is 12.1 Å². The molecule has 1 aromatic carbocycles. The third-order valence-electron chi connectivity index (χ3n) is 2.93. The van der Waals surface area contributed by atoms with Crippen LogP contribution in [0.3, 0.4) is 0 Å². The van der Waals surface area contributed by atoms with E-state index < -0.39 is 5.97 Å². The number of amides is 1.